The Labute approximate surface area is 249 Å². The average molecular weight is 547 g/mol. The molecule has 0 spiro atoms. The van der Waals surface area contributed by atoms with Gasteiger partial charge in [0, 0.05) is 16.3 Å². The minimum atomic E-state index is 0.914. The summed E-state index contributed by atoms with van der Waals surface area (Å²) < 4.78 is 6.69. The molecule has 0 amide bonds. The Balaban J connectivity index is 1.47. The third-order valence-corrected chi connectivity index (χ3v) is 8.83. The van der Waals surface area contributed by atoms with Gasteiger partial charge in [0.1, 0.15) is 11.2 Å². The Morgan fingerprint density at radius 2 is 0.860 bits per heavy atom. The summed E-state index contributed by atoms with van der Waals surface area (Å²) in [4.78, 5) is 0. The first-order chi connectivity index (χ1) is 21.3. The minimum absolute atomic E-state index is 0.914. The van der Waals surface area contributed by atoms with Crippen molar-refractivity contribution in [2.45, 2.75) is 0 Å². The fourth-order valence-corrected chi connectivity index (χ4v) is 6.98. The van der Waals surface area contributed by atoms with Crippen molar-refractivity contribution in [3.8, 4) is 33.4 Å². The van der Waals surface area contributed by atoms with Crippen molar-refractivity contribution in [1.29, 1.82) is 0 Å². The summed E-state index contributed by atoms with van der Waals surface area (Å²) in [6, 6.07) is 56.7. The number of benzene rings is 8. The smallest absolute Gasteiger partial charge is 0.143 e. The maximum absolute atomic E-state index is 6.69. The topological polar surface area (TPSA) is 13.1 Å². The molecular weight excluding hydrogens is 520 g/mol. The van der Waals surface area contributed by atoms with E-state index < -0.39 is 0 Å². The number of furan rings is 1. The SMILES string of the molecule is c1ccc(-c2c3ccccc3c(-c3cc(-c4ccccc4)c4oc5ccc6ccccc6c5c4c3)c3ccccc23)cc1. The van der Waals surface area contributed by atoms with Gasteiger partial charge in [-0.15, -0.1) is 0 Å². The normalized spacial score (nSPS) is 11.7. The van der Waals surface area contributed by atoms with Crippen LogP contribution in [0.4, 0.5) is 0 Å². The van der Waals surface area contributed by atoms with Crippen LogP contribution in [-0.2, 0) is 0 Å². The quantitative estimate of drug-likeness (QED) is 0.201. The number of rotatable bonds is 3. The fourth-order valence-electron chi connectivity index (χ4n) is 6.98. The van der Waals surface area contributed by atoms with Gasteiger partial charge in [0.2, 0.25) is 0 Å². The molecule has 0 atom stereocenters. The Morgan fingerprint density at radius 3 is 1.49 bits per heavy atom. The lowest BCUT2D eigenvalue weighted by atomic mass is 9.85. The highest BCUT2D eigenvalue weighted by atomic mass is 16.3. The van der Waals surface area contributed by atoms with Gasteiger partial charge in [0.25, 0.3) is 0 Å². The molecule has 0 aliphatic heterocycles. The molecule has 0 N–H and O–H groups in total. The number of hydrogen-bond acceptors (Lipinski definition) is 1. The predicted octanol–water partition coefficient (Wildman–Crippen LogP) is 12.0. The van der Waals surface area contributed by atoms with Crippen molar-refractivity contribution in [3.05, 3.63) is 158 Å². The zero-order chi connectivity index (χ0) is 28.3. The molecule has 0 unspecified atom stereocenters. The van der Waals surface area contributed by atoms with Gasteiger partial charge in [-0.2, -0.15) is 0 Å². The van der Waals surface area contributed by atoms with Gasteiger partial charge in [0.05, 0.1) is 0 Å². The average Bonchev–Trinajstić information content (AvgIpc) is 3.46. The van der Waals surface area contributed by atoms with E-state index >= 15 is 0 Å². The van der Waals surface area contributed by atoms with Crippen LogP contribution in [0.2, 0.25) is 0 Å². The molecule has 43 heavy (non-hydrogen) atoms. The summed E-state index contributed by atoms with van der Waals surface area (Å²) in [7, 11) is 0. The molecule has 8 aromatic carbocycles. The van der Waals surface area contributed by atoms with Crippen molar-refractivity contribution >= 4 is 54.3 Å². The number of hydrogen-bond donors (Lipinski definition) is 0. The maximum atomic E-state index is 6.69. The highest BCUT2D eigenvalue weighted by molar-refractivity contribution is 6.25. The third kappa shape index (κ3) is 3.65. The lowest BCUT2D eigenvalue weighted by molar-refractivity contribution is 0.670. The molecule has 9 rings (SSSR count). The molecule has 0 fully saturated rings. The first-order valence-electron chi connectivity index (χ1n) is 14.8. The second-order valence-electron chi connectivity index (χ2n) is 11.2. The Hall–Kier alpha value is -5.66. The molecule has 200 valence electrons. The minimum Gasteiger partial charge on any atom is -0.455 e. The van der Waals surface area contributed by atoms with Gasteiger partial charge in [-0.05, 0) is 78.3 Å². The van der Waals surface area contributed by atoms with Gasteiger partial charge < -0.3 is 4.42 Å². The monoisotopic (exact) mass is 546 g/mol. The van der Waals surface area contributed by atoms with Crippen LogP contribution in [0.25, 0.3) is 87.6 Å². The summed E-state index contributed by atoms with van der Waals surface area (Å²) in [5.74, 6) is 0. The summed E-state index contributed by atoms with van der Waals surface area (Å²) in [5, 5.41) is 9.74. The lowest BCUT2D eigenvalue weighted by Crippen LogP contribution is -1.91. The van der Waals surface area contributed by atoms with Crippen LogP contribution < -0.4 is 0 Å². The number of fused-ring (bicyclic) bond motifs is 7. The van der Waals surface area contributed by atoms with Crippen LogP contribution in [0.5, 0.6) is 0 Å². The van der Waals surface area contributed by atoms with E-state index in [1.807, 2.05) is 0 Å². The molecule has 1 heteroatoms. The van der Waals surface area contributed by atoms with E-state index in [-0.39, 0.29) is 0 Å². The van der Waals surface area contributed by atoms with Crippen molar-refractivity contribution in [1.82, 2.24) is 0 Å². The van der Waals surface area contributed by atoms with Gasteiger partial charge in [0.15, 0.2) is 0 Å². The molecular formula is C42H26O. The van der Waals surface area contributed by atoms with Crippen LogP contribution in [0.15, 0.2) is 162 Å². The van der Waals surface area contributed by atoms with E-state index in [0.29, 0.717) is 0 Å². The molecule has 1 aromatic heterocycles. The van der Waals surface area contributed by atoms with E-state index in [0.717, 1.165) is 27.7 Å². The zero-order valence-electron chi connectivity index (χ0n) is 23.4. The Kier molecular flexibility index (Phi) is 5.27. The molecule has 0 saturated carbocycles. The molecule has 0 aliphatic carbocycles. The zero-order valence-corrected chi connectivity index (χ0v) is 23.4. The second-order valence-corrected chi connectivity index (χ2v) is 11.2. The summed E-state index contributed by atoms with van der Waals surface area (Å²) in [6.07, 6.45) is 0. The molecule has 0 radical (unpaired) electrons. The third-order valence-electron chi connectivity index (χ3n) is 8.83. The van der Waals surface area contributed by atoms with Crippen LogP contribution in [-0.4, -0.2) is 0 Å². The Bertz CT molecular complexity index is 2430. The van der Waals surface area contributed by atoms with Crippen molar-refractivity contribution in [2.24, 2.45) is 0 Å². The van der Waals surface area contributed by atoms with Crippen molar-refractivity contribution < 1.29 is 4.42 Å². The molecule has 9 aromatic rings. The van der Waals surface area contributed by atoms with Gasteiger partial charge >= 0.3 is 0 Å². The lowest BCUT2D eigenvalue weighted by Gasteiger charge is -2.18. The molecule has 1 heterocycles. The molecule has 0 saturated heterocycles. The molecule has 0 aliphatic rings. The van der Waals surface area contributed by atoms with Gasteiger partial charge in [-0.1, -0.05) is 140 Å². The largest absolute Gasteiger partial charge is 0.455 e. The highest BCUT2D eigenvalue weighted by Crippen LogP contribution is 2.47. The first-order valence-corrected chi connectivity index (χ1v) is 14.8. The van der Waals surface area contributed by atoms with Crippen molar-refractivity contribution in [2.75, 3.05) is 0 Å². The van der Waals surface area contributed by atoms with E-state index in [2.05, 4.69) is 158 Å². The Morgan fingerprint density at radius 1 is 0.349 bits per heavy atom. The summed E-state index contributed by atoms with van der Waals surface area (Å²) in [5.41, 5.74) is 9.04. The van der Waals surface area contributed by atoms with E-state index in [4.69, 9.17) is 4.42 Å². The molecule has 1 nitrogen and oxygen atoms in total. The summed E-state index contributed by atoms with van der Waals surface area (Å²) >= 11 is 0. The van der Waals surface area contributed by atoms with Crippen LogP contribution in [0.1, 0.15) is 0 Å². The highest BCUT2D eigenvalue weighted by Gasteiger charge is 2.21. The van der Waals surface area contributed by atoms with Gasteiger partial charge in [-0.3, -0.25) is 0 Å². The van der Waals surface area contributed by atoms with Crippen LogP contribution >= 0.6 is 0 Å². The van der Waals surface area contributed by atoms with Crippen LogP contribution in [0, 0.1) is 0 Å². The van der Waals surface area contributed by atoms with E-state index in [9.17, 15) is 0 Å². The van der Waals surface area contributed by atoms with E-state index in [1.165, 1.54) is 60.0 Å². The maximum Gasteiger partial charge on any atom is 0.143 e. The summed E-state index contributed by atoms with van der Waals surface area (Å²) in [6.45, 7) is 0. The fraction of sp³-hybridized carbons (Fsp3) is 0. The van der Waals surface area contributed by atoms with E-state index in [1.54, 1.807) is 0 Å². The first kappa shape index (κ1) is 24.0. The van der Waals surface area contributed by atoms with Crippen molar-refractivity contribution in [3.63, 3.8) is 0 Å². The van der Waals surface area contributed by atoms with Crippen LogP contribution in [0.3, 0.4) is 0 Å². The standard InChI is InChI=1S/C42H26O/c1-3-13-27(14-4-1)36-25-30(26-37-41-31-18-8-7-15-28(31)23-24-38(41)43-42(36)37)40-34-21-11-9-19-32(34)39(29-16-5-2-6-17-29)33-20-10-12-22-35(33)40/h1-26H. The van der Waals surface area contributed by atoms with Gasteiger partial charge in [-0.25, -0.2) is 0 Å². The predicted molar refractivity (Wildman–Crippen MR) is 183 cm³/mol. The molecule has 0 bridgehead atoms. The second kappa shape index (κ2) is 9.44.